The molecule has 0 aliphatic heterocycles. The molecular weight excluding hydrogens is 266 g/mol. The summed E-state index contributed by atoms with van der Waals surface area (Å²) >= 11 is 5.96. The van der Waals surface area contributed by atoms with Crippen LogP contribution in [0.2, 0.25) is 5.02 Å². The molecule has 0 fully saturated rings. The molecule has 100 valence electrons. The number of nitrogens with one attached hydrogen (secondary N) is 1. The van der Waals surface area contributed by atoms with Crippen molar-refractivity contribution in [1.82, 2.24) is 9.97 Å². The Balaban J connectivity index is 2.02. The van der Waals surface area contributed by atoms with Crippen LogP contribution < -0.4 is 10.1 Å². The van der Waals surface area contributed by atoms with Crippen LogP contribution in [0.5, 0.6) is 6.01 Å². The number of benzene rings is 1. The predicted octanol–water partition coefficient (Wildman–Crippen LogP) is 2.28. The summed E-state index contributed by atoms with van der Waals surface area (Å²) in [5.41, 5.74) is 0.826. The van der Waals surface area contributed by atoms with Crippen LogP contribution >= 0.6 is 11.6 Å². The Morgan fingerprint density at radius 3 is 2.79 bits per heavy atom. The minimum Gasteiger partial charge on any atom is -0.467 e. The standard InChI is InChI=1S/C13H14ClN3O2/c1-19-13-16-7-10(14)12(17-13)15-8-11(18)9-5-3-2-4-6-9/h2-7,11,18H,8H2,1H3,(H,15,16,17). The van der Waals surface area contributed by atoms with E-state index < -0.39 is 6.10 Å². The zero-order valence-corrected chi connectivity index (χ0v) is 11.1. The van der Waals surface area contributed by atoms with E-state index in [1.807, 2.05) is 30.3 Å². The highest BCUT2D eigenvalue weighted by molar-refractivity contribution is 6.32. The Morgan fingerprint density at radius 2 is 2.11 bits per heavy atom. The molecule has 1 unspecified atom stereocenters. The van der Waals surface area contributed by atoms with Crippen LogP contribution in [0.15, 0.2) is 36.5 Å². The molecule has 2 N–H and O–H groups in total. The number of anilines is 1. The Labute approximate surface area is 116 Å². The third-order valence-corrected chi connectivity index (χ3v) is 2.83. The molecule has 2 rings (SSSR count). The van der Waals surface area contributed by atoms with Crippen molar-refractivity contribution < 1.29 is 9.84 Å². The lowest BCUT2D eigenvalue weighted by atomic mass is 10.1. The van der Waals surface area contributed by atoms with E-state index >= 15 is 0 Å². The molecule has 0 saturated heterocycles. The maximum absolute atomic E-state index is 10.0. The SMILES string of the molecule is COc1ncc(Cl)c(NCC(O)c2ccccc2)n1. The molecule has 0 spiro atoms. The summed E-state index contributed by atoms with van der Waals surface area (Å²) in [5, 5.41) is 13.4. The first-order valence-electron chi connectivity index (χ1n) is 5.74. The molecule has 0 amide bonds. The molecule has 5 nitrogen and oxygen atoms in total. The van der Waals surface area contributed by atoms with Gasteiger partial charge in [-0.1, -0.05) is 41.9 Å². The van der Waals surface area contributed by atoms with E-state index in [0.717, 1.165) is 5.56 Å². The van der Waals surface area contributed by atoms with Gasteiger partial charge < -0.3 is 15.2 Å². The van der Waals surface area contributed by atoms with Gasteiger partial charge in [-0.3, -0.25) is 0 Å². The van der Waals surface area contributed by atoms with Gasteiger partial charge >= 0.3 is 6.01 Å². The zero-order valence-electron chi connectivity index (χ0n) is 10.4. The summed E-state index contributed by atoms with van der Waals surface area (Å²) in [6.07, 6.45) is 0.808. The molecule has 0 radical (unpaired) electrons. The second kappa shape index (κ2) is 6.36. The molecule has 0 aliphatic rings. The van der Waals surface area contributed by atoms with E-state index in [0.29, 0.717) is 17.4 Å². The second-order valence-corrected chi connectivity index (χ2v) is 4.27. The quantitative estimate of drug-likeness (QED) is 0.879. The van der Waals surface area contributed by atoms with Crippen LogP contribution in [0.3, 0.4) is 0 Å². The van der Waals surface area contributed by atoms with Crippen molar-refractivity contribution in [3.63, 3.8) is 0 Å². The molecular formula is C13H14ClN3O2. The highest BCUT2D eigenvalue weighted by Gasteiger charge is 2.10. The van der Waals surface area contributed by atoms with E-state index in [4.69, 9.17) is 16.3 Å². The van der Waals surface area contributed by atoms with E-state index in [1.165, 1.54) is 13.3 Å². The van der Waals surface area contributed by atoms with Gasteiger partial charge in [-0.05, 0) is 5.56 Å². The number of halogens is 1. The van der Waals surface area contributed by atoms with Crippen molar-refractivity contribution in [2.75, 3.05) is 19.0 Å². The minimum absolute atomic E-state index is 0.223. The molecule has 1 aromatic carbocycles. The molecule has 6 heteroatoms. The molecule has 0 bridgehead atoms. The third kappa shape index (κ3) is 3.56. The highest BCUT2D eigenvalue weighted by Crippen LogP contribution is 2.21. The number of hydrogen-bond acceptors (Lipinski definition) is 5. The maximum Gasteiger partial charge on any atom is 0.318 e. The summed E-state index contributed by atoms with van der Waals surface area (Å²) in [5.74, 6) is 0.434. The van der Waals surface area contributed by atoms with E-state index in [9.17, 15) is 5.11 Å². The van der Waals surface area contributed by atoms with Crippen molar-refractivity contribution in [3.05, 3.63) is 47.1 Å². The van der Waals surface area contributed by atoms with Crippen molar-refractivity contribution in [2.24, 2.45) is 0 Å². The van der Waals surface area contributed by atoms with Gasteiger partial charge in [0.25, 0.3) is 0 Å². The fraction of sp³-hybridized carbons (Fsp3) is 0.231. The minimum atomic E-state index is -0.641. The fourth-order valence-corrected chi connectivity index (χ4v) is 1.72. The Hall–Kier alpha value is -1.85. The first-order valence-corrected chi connectivity index (χ1v) is 6.12. The number of aliphatic hydroxyl groups is 1. The zero-order chi connectivity index (χ0) is 13.7. The van der Waals surface area contributed by atoms with Crippen LogP contribution in [-0.2, 0) is 0 Å². The normalized spacial score (nSPS) is 11.9. The molecule has 1 aromatic heterocycles. The largest absolute Gasteiger partial charge is 0.467 e. The lowest BCUT2D eigenvalue weighted by Gasteiger charge is -2.13. The number of hydrogen-bond donors (Lipinski definition) is 2. The third-order valence-electron chi connectivity index (χ3n) is 2.55. The van der Waals surface area contributed by atoms with Crippen LogP contribution in [0, 0.1) is 0 Å². The van der Waals surface area contributed by atoms with Crippen LogP contribution in [0.1, 0.15) is 11.7 Å². The summed E-state index contributed by atoms with van der Waals surface area (Å²) in [6, 6.07) is 9.58. The monoisotopic (exact) mass is 279 g/mol. The van der Waals surface area contributed by atoms with Gasteiger partial charge in [0.15, 0.2) is 5.82 Å². The van der Waals surface area contributed by atoms with Crippen molar-refractivity contribution in [3.8, 4) is 6.01 Å². The van der Waals surface area contributed by atoms with Gasteiger partial charge in [-0.15, -0.1) is 0 Å². The van der Waals surface area contributed by atoms with E-state index in [-0.39, 0.29) is 6.01 Å². The van der Waals surface area contributed by atoms with E-state index in [2.05, 4.69) is 15.3 Å². The number of aliphatic hydroxyl groups excluding tert-OH is 1. The fourth-order valence-electron chi connectivity index (χ4n) is 1.56. The molecule has 1 heterocycles. The average molecular weight is 280 g/mol. The molecule has 19 heavy (non-hydrogen) atoms. The Morgan fingerprint density at radius 1 is 1.37 bits per heavy atom. The van der Waals surface area contributed by atoms with Gasteiger partial charge in [0, 0.05) is 6.54 Å². The number of rotatable bonds is 5. The van der Waals surface area contributed by atoms with Gasteiger partial charge in [0.2, 0.25) is 0 Å². The predicted molar refractivity (Wildman–Crippen MR) is 73.5 cm³/mol. The van der Waals surface area contributed by atoms with Crippen molar-refractivity contribution in [1.29, 1.82) is 0 Å². The molecule has 2 aromatic rings. The van der Waals surface area contributed by atoms with Crippen LogP contribution in [0.4, 0.5) is 5.82 Å². The number of nitrogens with zero attached hydrogens (tertiary/aromatic N) is 2. The molecule has 1 atom stereocenters. The van der Waals surface area contributed by atoms with Gasteiger partial charge in [0.05, 0.1) is 19.4 Å². The van der Waals surface area contributed by atoms with Crippen LogP contribution in [-0.4, -0.2) is 28.7 Å². The summed E-state index contributed by atoms with van der Waals surface area (Å²) < 4.78 is 4.92. The van der Waals surface area contributed by atoms with Crippen molar-refractivity contribution in [2.45, 2.75) is 6.10 Å². The Bertz CT molecular complexity index is 537. The second-order valence-electron chi connectivity index (χ2n) is 3.86. The van der Waals surface area contributed by atoms with E-state index in [1.54, 1.807) is 0 Å². The van der Waals surface area contributed by atoms with Crippen LogP contribution in [0.25, 0.3) is 0 Å². The van der Waals surface area contributed by atoms with Gasteiger partial charge in [-0.25, -0.2) is 4.98 Å². The summed E-state index contributed by atoms with van der Waals surface area (Å²) in [6.45, 7) is 0.296. The number of aromatic nitrogens is 2. The maximum atomic E-state index is 10.0. The topological polar surface area (TPSA) is 67.3 Å². The van der Waals surface area contributed by atoms with Crippen molar-refractivity contribution >= 4 is 17.4 Å². The summed E-state index contributed by atoms with van der Waals surface area (Å²) in [4.78, 5) is 7.94. The molecule has 0 aliphatic carbocycles. The number of ether oxygens (including phenoxy) is 1. The van der Waals surface area contributed by atoms with Gasteiger partial charge in [-0.2, -0.15) is 4.98 Å². The molecule has 0 saturated carbocycles. The van der Waals surface area contributed by atoms with Gasteiger partial charge in [0.1, 0.15) is 5.02 Å². The smallest absolute Gasteiger partial charge is 0.318 e. The lowest BCUT2D eigenvalue weighted by Crippen LogP contribution is -2.13. The Kier molecular flexibility index (Phi) is 4.54. The first kappa shape index (κ1) is 13.6. The highest BCUT2D eigenvalue weighted by atomic mass is 35.5. The summed E-state index contributed by atoms with van der Waals surface area (Å²) in [7, 11) is 1.48. The average Bonchev–Trinajstić information content (AvgIpc) is 2.47. The number of methoxy groups -OCH3 is 1. The first-order chi connectivity index (χ1) is 9.20. The lowest BCUT2D eigenvalue weighted by molar-refractivity contribution is 0.191.